The van der Waals surface area contributed by atoms with Crippen LogP contribution in [0.15, 0.2) is 12.2 Å². The lowest BCUT2D eigenvalue weighted by molar-refractivity contribution is 0.234. The van der Waals surface area contributed by atoms with Crippen LogP contribution in [0.3, 0.4) is 0 Å². The molecule has 0 heterocycles. The Morgan fingerprint density at radius 2 is 1.89 bits per heavy atom. The third kappa shape index (κ3) is 3.06. The van der Waals surface area contributed by atoms with Crippen molar-refractivity contribution in [1.29, 1.82) is 0 Å². The molecule has 18 heavy (non-hydrogen) atoms. The average Bonchev–Trinajstić information content (AvgIpc) is 3.02. The Bertz CT molecular complexity index is 286. The molecule has 104 valence electrons. The topological polar surface area (TPSA) is 18.5 Å². The summed E-state index contributed by atoms with van der Waals surface area (Å²) in [6.45, 7) is 2.24. The second kappa shape index (κ2) is 6.35. The smallest absolute Gasteiger partial charge is 0.337 e. The van der Waals surface area contributed by atoms with Crippen molar-refractivity contribution in [3.05, 3.63) is 12.2 Å². The van der Waals surface area contributed by atoms with Crippen LogP contribution in [-0.2, 0) is 8.85 Å². The van der Waals surface area contributed by atoms with Gasteiger partial charge < -0.3 is 8.85 Å². The lowest BCUT2D eigenvalue weighted by atomic mass is 9.91. The van der Waals surface area contributed by atoms with Gasteiger partial charge in [0, 0.05) is 14.2 Å². The molecule has 3 atom stereocenters. The summed E-state index contributed by atoms with van der Waals surface area (Å²) in [7, 11) is 1.82. The number of fused-ring (bicyclic) bond motifs is 2. The van der Waals surface area contributed by atoms with E-state index in [9.17, 15) is 0 Å². The van der Waals surface area contributed by atoms with Crippen molar-refractivity contribution in [1.82, 2.24) is 0 Å². The summed E-state index contributed by atoms with van der Waals surface area (Å²) in [5.74, 6) is 2.65. The molecule has 1 saturated carbocycles. The molecule has 2 bridgehead atoms. The minimum Gasteiger partial charge on any atom is -0.398 e. The zero-order valence-corrected chi connectivity index (χ0v) is 13.2. The molecule has 2 nitrogen and oxygen atoms in total. The summed E-state index contributed by atoms with van der Waals surface area (Å²) in [6, 6.07) is 2.34. The first kappa shape index (κ1) is 14.3. The van der Waals surface area contributed by atoms with Gasteiger partial charge in [0.15, 0.2) is 0 Å². The standard InChI is InChI=1S/C15H28O2Si/c1-4-5-9-18(16-2,17-3)10-8-15-12-13-6-7-14(15)11-13/h6-7,13-15H,4-5,8-12H2,1-3H3. The number of rotatable bonds is 8. The van der Waals surface area contributed by atoms with Crippen LogP contribution in [0, 0.1) is 17.8 Å². The summed E-state index contributed by atoms with van der Waals surface area (Å²) >= 11 is 0. The van der Waals surface area contributed by atoms with E-state index in [4.69, 9.17) is 8.85 Å². The number of unbranched alkanes of at least 4 members (excludes halogenated alkanes) is 1. The molecule has 0 aromatic carbocycles. The predicted octanol–water partition coefficient (Wildman–Crippen LogP) is 4.12. The molecule has 1 fully saturated rings. The highest BCUT2D eigenvalue weighted by Gasteiger charge is 2.40. The van der Waals surface area contributed by atoms with Crippen molar-refractivity contribution in [2.45, 2.75) is 51.1 Å². The van der Waals surface area contributed by atoms with Gasteiger partial charge in [-0.1, -0.05) is 31.9 Å². The SMILES string of the molecule is CCCC[Si](CCC1CC2C=CC1C2)(OC)OC. The molecule has 0 saturated heterocycles. The first-order valence-corrected chi connectivity index (χ1v) is 9.74. The molecule has 0 aliphatic heterocycles. The first-order chi connectivity index (χ1) is 8.73. The molecule has 0 aromatic heterocycles. The molecular formula is C15H28O2Si. The lowest BCUT2D eigenvalue weighted by Gasteiger charge is -2.29. The molecule has 3 unspecified atom stereocenters. The fourth-order valence-electron chi connectivity index (χ4n) is 3.69. The molecule has 0 N–H and O–H groups in total. The lowest BCUT2D eigenvalue weighted by Crippen LogP contribution is -2.40. The van der Waals surface area contributed by atoms with Gasteiger partial charge in [-0.15, -0.1) is 0 Å². The van der Waals surface area contributed by atoms with Crippen LogP contribution < -0.4 is 0 Å². The predicted molar refractivity (Wildman–Crippen MR) is 77.8 cm³/mol. The molecule has 0 amide bonds. The number of hydrogen-bond donors (Lipinski definition) is 0. The van der Waals surface area contributed by atoms with Crippen LogP contribution in [-0.4, -0.2) is 22.8 Å². The van der Waals surface area contributed by atoms with Crippen LogP contribution in [0.25, 0.3) is 0 Å². The van der Waals surface area contributed by atoms with E-state index in [0.717, 1.165) is 23.8 Å². The van der Waals surface area contributed by atoms with E-state index in [-0.39, 0.29) is 0 Å². The Morgan fingerprint density at radius 3 is 2.39 bits per heavy atom. The van der Waals surface area contributed by atoms with E-state index in [1.165, 1.54) is 38.1 Å². The molecule has 2 aliphatic rings. The fraction of sp³-hybridized carbons (Fsp3) is 0.867. The summed E-state index contributed by atoms with van der Waals surface area (Å²) in [6.07, 6.45) is 11.5. The largest absolute Gasteiger partial charge is 0.398 e. The highest BCUT2D eigenvalue weighted by molar-refractivity contribution is 6.67. The minimum atomic E-state index is -1.88. The van der Waals surface area contributed by atoms with Gasteiger partial charge in [-0.2, -0.15) is 0 Å². The third-order valence-electron chi connectivity index (χ3n) is 4.97. The Balaban J connectivity index is 1.83. The number of allylic oxidation sites excluding steroid dienone is 2. The zero-order valence-electron chi connectivity index (χ0n) is 12.2. The molecule has 2 aliphatic carbocycles. The van der Waals surface area contributed by atoms with Gasteiger partial charge >= 0.3 is 8.56 Å². The maximum absolute atomic E-state index is 5.83. The summed E-state index contributed by atoms with van der Waals surface area (Å²) in [4.78, 5) is 0. The van der Waals surface area contributed by atoms with Crippen molar-refractivity contribution in [3.8, 4) is 0 Å². The van der Waals surface area contributed by atoms with Gasteiger partial charge in [-0.05, 0) is 49.1 Å². The van der Waals surface area contributed by atoms with E-state index in [1.54, 1.807) is 0 Å². The maximum Gasteiger partial charge on any atom is 0.337 e. The van der Waals surface area contributed by atoms with Crippen molar-refractivity contribution in [2.24, 2.45) is 17.8 Å². The van der Waals surface area contributed by atoms with Gasteiger partial charge in [0.2, 0.25) is 0 Å². The molecule has 0 radical (unpaired) electrons. The van der Waals surface area contributed by atoms with Crippen LogP contribution in [0.1, 0.15) is 39.0 Å². The molecule has 2 rings (SSSR count). The highest BCUT2D eigenvalue weighted by atomic mass is 28.4. The highest BCUT2D eigenvalue weighted by Crippen LogP contribution is 2.46. The quantitative estimate of drug-likeness (QED) is 0.487. The normalized spacial score (nSPS) is 30.3. The third-order valence-corrected chi connectivity index (χ3v) is 8.62. The molecular weight excluding hydrogens is 240 g/mol. The van der Waals surface area contributed by atoms with E-state index in [1.807, 2.05) is 14.2 Å². The van der Waals surface area contributed by atoms with Gasteiger partial charge in [0.25, 0.3) is 0 Å². The van der Waals surface area contributed by atoms with Crippen molar-refractivity contribution < 1.29 is 8.85 Å². The fourth-order valence-corrected chi connectivity index (χ4v) is 6.63. The molecule has 0 spiro atoms. The van der Waals surface area contributed by atoms with Crippen molar-refractivity contribution >= 4 is 8.56 Å². The Labute approximate surface area is 113 Å². The van der Waals surface area contributed by atoms with Gasteiger partial charge in [0.1, 0.15) is 0 Å². The van der Waals surface area contributed by atoms with Crippen LogP contribution >= 0.6 is 0 Å². The van der Waals surface area contributed by atoms with Gasteiger partial charge in [-0.3, -0.25) is 0 Å². The zero-order chi connectivity index (χ0) is 13.0. The average molecular weight is 268 g/mol. The summed E-state index contributed by atoms with van der Waals surface area (Å²) in [5, 5.41) is 0. The van der Waals surface area contributed by atoms with E-state index >= 15 is 0 Å². The minimum absolute atomic E-state index is 0.863. The van der Waals surface area contributed by atoms with E-state index in [2.05, 4.69) is 19.1 Å². The van der Waals surface area contributed by atoms with Crippen LogP contribution in [0.5, 0.6) is 0 Å². The van der Waals surface area contributed by atoms with E-state index < -0.39 is 8.56 Å². The van der Waals surface area contributed by atoms with Crippen molar-refractivity contribution in [2.75, 3.05) is 14.2 Å². The van der Waals surface area contributed by atoms with Gasteiger partial charge in [-0.25, -0.2) is 0 Å². The summed E-state index contributed by atoms with van der Waals surface area (Å²) in [5.41, 5.74) is 0. The van der Waals surface area contributed by atoms with Crippen molar-refractivity contribution in [3.63, 3.8) is 0 Å². The van der Waals surface area contributed by atoms with Gasteiger partial charge in [0.05, 0.1) is 0 Å². The summed E-state index contributed by atoms with van der Waals surface area (Å²) < 4.78 is 11.7. The second-order valence-corrected chi connectivity index (χ2v) is 9.64. The van der Waals surface area contributed by atoms with Crippen LogP contribution in [0.4, 0.5) is 0 Å². The molecule has 0 aromatic rings. The maximum atomic E-state index is 5.83. The second-order valence-electron chi connectivity index (χ2n) is 6.00. The Kier molecular flexibility index (Phi) is 5.04. The van der Waals surface area contributed by atoms with Crippen LogP contribution in [0.2, 0.25) is 12.1 Å². The van der Waals surface area contributed by atoms with E-state index in [0.29, 0.717) is 0 Å². The number of hydrogen-bond acceptors (Lipinski definition) is 2. The molecule has 3 heteroatoms. The first-order valence-electron chi connectivity index (χ1n) is 7.51. The Morgan fingerprint density at radius 1 is 1.11 bits per heavy atom. The Hall–Kier alpha value is -0.123. The monoisotopic (exact) mass is 268 g/mol.